The van der Waals surface area contributed by atoms with Crippen LogP contribution in [0.2, 0.25) is 5.02 Å². The van der Waals surface area contributed by atoms with Crippen LogP contribution >= 0.6 is 11.6 Å². The highest BCUT2D eigenvalue weighted by Crippen LogP contribution is 2.25. The molecule has 3 rings (SSSR count). The molecule has 1 aromatic heterocycles. The molecule has 3 aromatic rings. The van der Waals surface area contributed by atoms with Crippen LogP contribution in [0.15, 0.2) is 53.6 Å². The van der Waals surface area contributed by atoms with Gasteiger partial charge in [-0.2, -0.15) is 5.10 Å². The lowest BCUT2D eigenvalue weighted by atomic mass is 10.2. The van der Waals surface area contributed by atoms with Crippen LogP contribution in [-0.2, 0) is 17.1 Å². The number of anilines is 1. The van der Waals surface area contributed by atoms with Gasteiger partial charge in [0.2, 0.25) is 0 Å². The Morgan fingerprint density at radius 3 is 2.71 bits per heavy atom. The summed E-state index contributed by atoms with van der Waals surface area (Å²) in [7, 11) is -1.89. The van der Waals surface area contributed by atoms with E-state index < -0.39 is 10.0 Å². The second kappa shape index (κ2) is 5.05. The molecule has 1 N–H and O–H groups in total. The maximum atomic E-state index is 12.3. The molecular weight excluding hydrogens is 310 g/mol. The average molecular weight is 322 g/mol. The molecule has 5 nitrogen and oxygen atoms in total. The first kappa shape index (κ1) is 13.9. The van der Waals surface area contributed by atoms with Gasteiger partial charge in [-0.25, -0.2) is 8.42 Å². The van der Waals surface area contributed by atoms with Crippen LogP contribution < -0.4 is 4.72 Å². The smallest absolute Gasteiger partial charge is 0.263 e. The van der Waals surface area contributed by atoms with Crippen molar-refractivity contribution in [3.8, 4) is 0 Å². The van der Waals surface area contributed by atoms with Crippen molar-refractivity contribution < 1.29 is 8.42 Å². The highest BCUT2D eigenvalue weighted by atomic mass is 35.5. The highest BCUT2D eigenvalue weighted by molar-refractivity contribution is 7.92. The van der Waals surface area contributed by atoms with Crippen LogP contribution in [0.3, 0.4) is 0 Å². The average Bonchev–Trinajstić information content (AvgIpc) is 2.80. The lowest BCUT2D eigenvalue weighted by Gasteiger charge is -2.09. The molecule has 0 aliphatic carbocycles. The first-order chi connectivity index (χ1) is 9.97. The minimum Gasteiger partial charge on any atom is -0.280 e. The van der Waals surface area contributed by atoms with E-state index in [9.17, 15) is 8.42 Å². The van der Waals surface area contributed by atoms with E-state index in [4.69, 9.17) is 11.6 Å². The van der Waals surface area contributed by atoms with Crippen molar-refractivity contribution in [3.63, 3.8) is 0 Å². The number of hydrogen-bond acceptors (Lipinski definition) is 3. The number of halogens is 1. The van der Waals surface area contributed by atoms with Gasteiger partial charge in [-0.1, -0.05) is 23.7 Å². The molecule has 21 heavy (non-hydrogen) atoms. The normalized spacial score (nSPS) is 11.7. The Bertz CT molecular complexity index is 919. The third-order valence-electron chi connectivity index (χ3n) is 3.12. The quantitative estimate of drug-likeness (QED) is 0.806. The van der Waals surface area contributed by atoms with E-state index >= 15 is 0 Å². The van der Waals surface area contributed by atoms with Gasteiger partial charge >= 0.3 is 0 Å². The second-order valence-corrected chi connectivity index (χ2v) is 6.64. The molecule has 1 heterocycles. The summed E-state index contributed by atoms with van der Waals surface area (Å²) in [6, 6.07) is 11.6. The SMILES string of the molecule is Cn1ncc2cc(NS(=O)(=O)c3ccccc3Cl)ccc21. The zero-order valence-electron chi connectivity index (χ0n) is 11.1. The summed E-state index contributed by atoms with van der Waals surface area (Å²) >= 11 is 5.94. The molecule has 0 bridgehead atoms. The van der Waals surface area contributed by atoms with Gasteiger partial charge in [-0.15, -0.1) is 0 Å². The number of aryl methyl sites for hydroxylation is 1. The Morgan fingerprint density at radius 2 is 1.95 bits per heavy atom. The molecule has 0 unspecified atom stereocenters. The van der Waals surface area contributed by atoms with Gasteiger partial charge in [0, 0.05) is 18.1 Å². The summed E-state index contributed by atoms with van der Waals surface area (Å²) in [6.07, 6.45) is 1.68. The van der Waals surface area contributed by atoms with Crippen LogP contribution in [0, 0.1) is 0 Å². The van der Waals surface area contributed by atoms with Gasteiger partial charge < -0.3 is 0 Å². The summed E-state index contributed by atoms with van der Waals surface area (Å²) in [6.45, 7) is 0. The highest BCUT2D eigenvalue weighted by Gasteiger charge is 2.17. The monoisotopic (exact) mass is 321 g/mol. The number of nitrogens with zero attached hydrogens (tertiary/aromatic N) is 2. The van der Waals surface area contributed by atoms with Crippen LogP contribution in [0.4, 0.5) is 5.69 Å². The van der Waals surface area contributed by atoms with Crippen molar-refractivity contribution in [2.24, 2.45) is 7.05 Å². The topological polar surface area (TPSA) is 64.0 Å². The van der Waals surface area contributed by atoms with Gasteiger partial charge in [0.15, 0.2) is 0 Å². The second-order valence-electron chi connectivity index (χ2n) is 4.58. The summed E-state index contributed by atoms with van der Waals surface area (Å²) in [5.74, 6) is 0. The third-order valence-corrected chi connectivity index (χ3v) is 5.01. The third kappa shape index (κ3) is 2.59. The minimum atomic E-state index is -3.72. The van der Waals surface area contributed by atoms with E-state index in [2.05, 4.69) is 9.82 Å². The minimum absolute atomic E-state index is 0.0537. The van der Waals surface area contributed by atoms with E-state index in [-0.39, 0.29) is 9.92 Å². The summed E-state index contributed by atoms with van der Waals surface area (Å²) in [5, 5.41) is 5.17. The summed E-state index contributed by atoms with van der Waals surface area (Å²) in [4.78, 5) is 0.0537. The molecule has 0 saturated heterocycles. The van der Waals surface area contributed by atoms with E-state index in [0.29, 0.717) is 5.69 Å². The van der Waals surface area contributed by atoms with Crippen molar-refractivity contribution in [2.75, 3.05) is 4.72 Å². The van der Waals surface area contributed by atoms with Crippen molar-refractivity contribution in [3.05, 3.63) is 53.7 Å². The maximum Gasteiger partial charge on any atom is 0.263 e. The predicted octanol–water partition coefficient (Wildman–Crippen LogP) is 3.03. The Kier molecular flexibility index (Phi) is 3.35. The van der Waals surface area contributed by atoms with Crippen LogP contribution in [0.25, 0.3) is 10.9 Å². The van der Waals surface area contributed by atoms with Gasteiger partial charge in [-0.05, 0) is 30.3 Å². The number of rotatable bonds is 3. The molecule has 0 atom stereocenters. The maximum absolute atomic E-state index is 12.3. The molecule has 7 heteroatoms. The van der Waals surface area contributed by atoms with Crippen molar-refractivity contribution in [1.82, 2.24) is 9.78 Å². The molecule has 0 aliphatic heterocycles. The Labute approximate surface area is 127 Å². The lowest BCUT2D eigenvalue weighted by molar-refractivity contribution is 0.601. The number of hydrogen-bond donors (Lipinski definition) is 1. The Balaban J connectivity index is 1.99. The molecule has 2 aromatic carbocycles. The van der Waals surface area contributed by atoms with Crippen molar-refractivity contribution in [1.29, 1.82) is 0 Å². The largest absolute Gasteiger partial charge is 0.280 e. The summed E-state index contributed by atoms with van der Waals surface area (Å²) < 4.78 is 28.9. The van der Waals surface area contributed by atoms with E-state index in [1.54, 1.807) is 41.2 Å². The summed E-state index contributed by atoms with van der Waals surface area (Å²) in [5.41, 5.74) is 1.39. The van der Waals surface area contributed by atoms with E-state index in [1.807, 2.05) is 13.1 Å². The number of fused-ring (bicyclic) bond motifs is 1. The van der Waals surface area contributed by atoms with E-state index in [0.717, 1.165) is 10.9 Å². The molecule has 0 amide bonds. The van der Waals surface area contributed by atoms with Gasteiger partial charge in [0.1, 0.15) is 4.90 Å². The van der Waals surface area contributed by atoms with Gasteiger partial charge in [0.25, 0.3) is 10.0 Å². The molecular formula is C14H12ClN3O2S. The van der Waals surface area contributed by atoms with Gasteiger partial charge in [0.05, 0.1) is 16.7 Å². The fraction of sp³-hybridized carbons (Fsp3) is 0.0714. The van der Waals surface area contributed by atoms with Crippen LogP contribution in [0.5, 0.6) is 0 Å². The predicted molar refractivity (Wildman–Crippen MR) is 83.0 cm³/mol. The molecule has 0 aliphatic rings. The van der Waals surface area contributed by atoms with Crippen molar-refractivity contribution >= 4 is 38.2 Å². The van der Waals surface area contributed by atoms with Crippen LogP contribution in [0.1, 0.15) is 0 Å². The molecule has 0 radical (unpaired) electrons. The molecule has 0 spiro atoms. The number of sulfonamides is 1. The van der Waals surface area contributed by atoms with Crippen molar-refractivity contribution in [2.45, 2.75) is 4.90 Å². The standard InChI is InChI=1S/C14H12ClN3O2S/c1-18-13-7-6-11(8-10(13)9-16-18)17-21(19,20)14-5-3-2-4-12(14)15/h2-9,17H,1H3. The zero-order valence-corrected chi connectivity index (χ0v) is 12.7. The molecule has 0 saturated carbocycles. The first-order valence-electron chi connectivity index (χ1n) is 6.16. The number of benzene rings is 2. The van der Waals surface area contributed by atoms with E-state index in [1.165, 1.54) is 6.07 Å². The molecule has 0 fully saturated rings. The first-order valence-corrected chi connectivity index (χ1v) is 8.02. The lowest BCUT2D eigenvalue weighted by Crippen LogP contribution is -2.13. The van der Waals surface area contributed by atoms with Gasteiger partial charge in [-0.3, -0.25) is 9.40 Å². The number of aromatic nitrogens is 2. The fourth-order valence-electron chi connectivity index (χ4n) is 2.10. The fourth-order valence-corrected chi connectivity index (χ4v) is 3.67. The number of nitrogens with one attached hydrogen (secondary N) is 1. The molecule has 108 valence electrons. The zero-order chi connectivity index (χ0) is 15.0. The Morgan fingerprint density at radius 1 is 1.19 bits per heavy atom. The Hall–Kier alpha value is -2.05. The van der Waals surface area contributed by atoms with Crippen LogP contribution in [-0.4, -0.2) is 18.2 Å².